The molecule has 0 amide bonds. The number of hydrogen-bond donors (Lipinski definition) is 2. The highest BCUT2D eigenvalue weighted by Gasteiger charge is 2.07. The number of nitrogens with one attached hydrogen (secondary N) is 1. The molecule has 2 aromatic rings. The van der Waals surface area contributed by atoms with Crippen molar-refractivity contribution in [3.63, 3.8) is 0 Å². The van der Waals surface area contributed by atoms with Crippen molar-refractivity contribution in [2.45, 2.75) is 18.0 Å². The number of halogens is 2. The van der Waals surface area contributed by atoms with Gasteiger partial charge in [0.2, 0.25) is 10.0 Å². The summed E-state index contributed by atoms with van der Waals surface area (Å²) in [6, 6.07) is 9.28. The van der Waals surface area contributed by atoms with Gasteiger partial charge in [-0.25, -0.2) is 22.3 Å². The second-order valence-corrected chi connectivity index (χ2v) is 6.09. The van der Waals surface area contributed by atoms with Crippen LogP contribution in [0.1, 0.15) is 11.1 Å². The fraction of sp³-hybridized carbons (Fsp3) is 0.143. The maximum atomic E-state index is 13.4. The predicted molar refractivity (Wildman–Crippen MR) is 74.7 cm³/mol. The highest BCUT2D eigenvalue weighted by atomic mass is 32.2. The van der Waals surface area contributed by atoms with E-state index in [1.54, 1.807) is 12.1 Å². The van der Waals surface area contributed by atoms with Crippen LogP contribution in [0.4, 0.5) is 8.78 Å². The Kier molecular flexibility index (Phi) is 4.66. The summed E-state index contributed by atoms with van der Waals surface area (Å²) in [4.78, 5) is 0.0300. The van der Waals surface area contributed by atoms with Gasteiger partial charge >= 0.3 is 0 Å². The molecule has 0 unspecified atom stereocenters. The first-order valence-electron chi connectivity index (χ1n) is 6.12. The zero-order chi connectivity index (χ0) is 15.5. The van der Waals surface area contributed by atoms with Gasteiger partial charge in [-0.1, -0.05) is 12.1 Å². The SMILES string of the molecule is NS(=O)(=O)c1ccc(CNCc2cc(F)ccc2F)cc1. The van der Waals surface area contributed by atoms with Crippen LogP contribution in [-0.2, 0) is 23.1 Å². The molecule has 0 fully saturated rings. The van der Waals surface area contributed by atoms with Gasteiger partial charge in [0, 0.05) is 18.7 Å². The highest BCUT2D eigenvalue weighted by Crippen LogP contribution is 2.11. The van der Waals surface area contributed by atoms with E-state index >= 15 is 0 Å². The Bertz CT molecular complexity index is 731. The summed E-state index contributed by atoms with van der Waals surface area (Å²) in [6.07, 6.45) is 0. The van der Waals surface area contributed by atoms with Gasteiger partial charge in [0.05, 0.1) is 4.90 Å². The van der Waals surface area contributed by atoms with Crippen molar-refractivity contribution in [3.05, 3.63) is 65.2 Å². The lowest BCUT2D eigenvalue weighted by Gasteiger charge is -2.07. The van der Waals surface area contributed by atoms with Crippen LogP contribution in [-0.4, -0.2) is 8.42 Å². The molecule has 112 valence electrons. The van der Waals surface area contributed by atoms with Gasteiger partial charge in [-0.15, -0.1) is 0 Å². The molecular weight excluding hydrogens is 298 g/mol. The Morgan fingerprint density at radius 1 is 1.00 bits per heavy atom. The number of rotatable bonds is 5. The summed E-state index contributed by atoms with van der Waals surface area (Å²) < 4.78 is 48.6. The fourth-order valence-corrected chi connectivity index (χ4v) is 2.33. The summed E-state index contributed by atoms with van der Waals surface area (Å²) >= 11 is 0. The Morgan fingerprint density at radius 3 is 2.29 bits per heavy atom. The Hall–Kier alpha value is -1.83. The molecule has 0 spiro atoms. The molecule has 0 saturated carbocycles. The molecule has 0 radical (unpaired) electrons. The van der Waals surface area contributed by atoms with Crippen LogP contribution in [0.15, 0.2) is 47.4 Å². The molecule has 3 N–H and O–H groups in total. The van der Waals surface area contributed by atoms with E-state index < -0.39 is 21.7 Å². The molecule has 0 aliphatic heterocycles. The van der Waals surface area contributed by atoms with Crippen LogP contribution in [0.3, 0.4) is 0 Å². The Balaban J connectivity index is 1.96. The van der Waals surface area contributed by atoms with Gasteiger partial charge in [0.15, 0.2) is 0 Å². The summed E-state index contributed by atoms with van der Waals surface area (Å²) in [7, 11) is -3.71. The third kappa shape index (κ3) is 4.32. The van der Waals surface area contributed by atoms with E-state index in [2.05, 4.69) is 5.32 Å². The molecule has 7 heteroatoms. The zero-order valence-corrected chi connectivity index (χ0v) is 11.8. The van der Waals surface area contributed by atoms with E-state index in [0.717, 1.165) is 23.8 Å². The van der Waals surface area contributed by atoms with Gasteiger partial charge in [0.25, 0.3) is 0 Å². The third-order valence-electron chi connectivity index (χ3n) is 2.90. The smallest absolute Gasteiger partial charge is 0.238 e. The lowest BCUT2D eigenvalue weighted by molar-refractivity contribution is 0.568. The summed E-state index contributed by atoms with van der Waals surface area (Å²) in [6.45, 7) is 0.557. The van der Waals surface area contributed by atoms with E-state index in [1.165, 1.54) is 12.1 Å². The van der Waals surface area contributed by atoms with Crippen LogP contribution in [0.5, 0.6) is 0 Å². The molecule has 21 heavy (non-hydrogen) atoms. The number of benzene rings is 2. The lowest BCUT2D eigenvalue weighted by atomic mass is 10.2. The first kappa shape index (κ1) is 15.6. The van der Waals surface area contributed by atoms with Crippen molar-refractivity contribution in [2.75, 3.05) is 0 Å². The normalized spacial score (nSPS) is 11.6. The molecule has 0 bridgehead atoms. The number of nitrogens with two attached hydrogens (primary N) is 1. The molecule has 0 heterocycles. The standard InChI is InChI=1S/C14H14F2N2O2S/c15-12-3-6-14(16)11(7-12)9-18-8-10-1-4-13(5-2-10)21(17,19)20/h1-7,18H,8-9H2,(H2,17,19,20). The van der Waals surface area contributed by atoms with Gasteiger partial charge in [-0.2, -0.15) is 0 Å². The molecular formula is C14H14F2N2O2S. The van der Waals surface area contributed by atoms with Gasteiger partial charge < -0.3 is 5.32 Å². The van der Waals surface area contributed by atoms with Gasteiger partial charge in [0.1, 0.15) is 11.6 Å². The van der Waals surface area contributed by atoms with Crippen LogP contribution in [0.25, 0.3) is 0 Å². The maximum absolute atomic E-state index is 13.4. The number of sulfonamides is 1. The Labute approximate surface area is 121 Å². The molecule has 0 atom stereocenters. The van der Waals surface area contributed by atoms with E-state index in [4.69, 9.17) is 5.14 Å². The zero-order valence-electron chi connectivity index (χ0n) is 11.0. The molecule has 0 aliphatic carbocycles. The second-order valence-electron chi connectivity index (χ2n) is 4.53. The van der Waals surface area contributed by atoms with E-state index in [0.29, 0.717) is 6.54 Å². The molecule has 2 aromatic carbocycles. The van der Waals surface area contributed by atoms with Crippen molar-refractivity contribution in [2.24, 2.45) is 5.14 Å². The Morgan fingerprint density at radius 2 is 1.67 bits per heavy atom. The molecule has 0 saturated heterocycles. The van der Waals surface area contributed by atoms with Crippen LogP contribution in [0, 0.1) is 11.6 Å². The minimum absolute atomic E-state index is 0.0300. The predicted octanol–water partition coefficient (Wildman–Crippen LogP) is 1.90. The van der Waals surface area contributed by atoms with Crippen molar-refractivity contribution >= 4 is 10.0 Å². The number of hydrogen-bond acceptors (Lipinski definition) is 3. The average Bonchev–Trinajstić information content (AvgIpc) is 2.42. The van der Waals surface area contributed by atoms with Crippen molar-refractivity contribution < 1.29 is 17.2 Å². The topological polar surface area (TPSA) is 72.2 Å². The van der Waals surface area contributed by atoms with E-state index in [9.17, 15) is 17.2 Å². The lowest BCUT2D eigenvalue weighted by Crippen LogP contribution is -2.15. The average molecular weight is 312 g/mol. The maximum Gasteiger partial charge on any atom is 0.238 e. The number of primary sulfonamides is 1. The summed E-state index contributed by atoms with van der Waals surface area (Å²) in [5.41, 5.74) is 1.04. The van der Waals surface area contributed by atoms with E-state index in [1.807, 2.05) is 0 Å². The quantitative estimate of drug-likeness (QED) is 0.886. The molecule has 2 rings (SSSR count). The highest BCUT2D eigenvalue weighted by molar-refractivity contribution is 7.89. The van der Waals surface area contributed by atoms with Crippen molar-refractivity contribution in [1.29, 1.82) is 0 Å². The van der Waals surface area contributed by atoms with Gasteiger partial charge in [-0.05, 0) is 35.9 Å². The second kappa shape index (κ2) is 6.30. The van der Waals surface area contributed by atoms with Crippen LogP contribution in [0.2, 0.25) is 0 Å². The molecule has 0 aromatic heterocycles. The minimum atomic E-state index is -3.71. The summed E-state index contributed by atoms with van der Waals surface area (Å²) in [5, 5.41) is 7.95. The monoisotopic (exact) mass is 312 g/mol. The van der Waals surface area contributed by atoms with Gasteiger partial charge in [-0.3, -0.25) is 0 Å². The van der Waals surface area contributed by atoms with Crippen molar-refractivity contribution in [1.82, 2.24) is 5.32 Å². The summed E-state index contributed by atoms with van der Waals surface area (Å²) in [5.74, 6) is -0.973. The fourth-order valence-electron chi connectivity index (χ4n) is 1.82. The largest absolute Gasteiger partial charge is 0.309 e. The molecule has 4 nitrogen and oxygen atoms in total. The first-order valence-corrected chi connectivity index (χ1v) is 7.67. The van der Waals surface area contributed by atoms with Crippen LogP contribution >= 0.6 is 0 Å². The van der Waals surface area contributed by atoms with Crippen LogP contribution < -0.4 is 10.5 Å². The first-order chi connectivity index (χ1) is 9.86. The van der Waals surface area contributed by atoms with Crippen molar-refractivity contribution in [3.8, 4) is 0 Å². The molecule has 0 aliphatic rings. The minimum Gasteiger partial charge on any atom is -0.309 e. The van der Waals surface area contributed by atoms with E-state index in [-0.39, 0.29) is 17.0 Å². The third-order valence-corrected chi connectivity index (χ3v) is 3.83.